The molecule has 74 valence electrons. The van der Waals surface area contributed by atoms with Crippen molar-refractivity contribution in [2.24, 2.45) is 5.41 Å². The van der Waals surface area contributed by atoms with Gasteiger partial charge in [0.05, 0.1) is 31.8 Å². The van der Waals surface area contributed by atoms with E-state index in [4.69, 9.17) is 25.2 Å². The van der Waals surface area contributed by atoms with Crippen LogP contribution < -0.4 is 0 Å². The number of aldehydes is 1. The van der Waals surface area contributed by atoms with Gasteiger partial charge in [-0.05, 0) is 6.92 Å². The number of rotatable bonds is 4. The molecule has 0 unspecified atom stereocenters. The van der Waals surface area contributed by atoms with Crippen molar-refractivity contribution in [1.82, 2.24) is 0 Å². The summed E-state index contributed by atoms with van der Waals surface area (Å²) in [7, 11) is 0. The van der Waals surface area contributed by atoms with Crippen molar-refractivity contribution in [3.8, 4) is 0 Å². The fourth-order valence-electron chi connectivity index (χ4n) is 0.300. The van der Waals surface area contributed by atoms with Gasteiger partial charge in [-0.3, -0.25) is 0 Å². The maximum Gasteiger partial charge on any atom is 0.116 e. The van der Waals surface area contributed by atoms with Gasteiger partial charge in [0.25, 0.3) is 0 Å². The Morgan fingerprint density at radius 1 is 1.00 bits per heavy atom. The summed E-state index contributed by atoms with van der Waals surface area (Å²) in [6.45, 7) is -0.181. The average molecular weight is 180 g/mol. The monoisotopic (exact) mass is 180 g/mol. The van der Waals surface area contributed by atoms with E-state index in [0.29, 0.717) is 0 Å². The summed E-state index contributed by atoms with van der Waals surface area (Å²) < 4.78 is 0. The standard InChI is InChI=1S/C5H12O4.C2H4O/c6-1-5(2-7,3-8)4-9;1-2-3/h6-9H,1-4H2;2H,1H3. The lowest BCUT2D eigenvalue weighted by Gasteiger charge is -2.23. The van der Waals surface area contributed by atoms with Crippen molar-refractivity contribution in [3.63, 3.8) is 0 Å². The fraction of sp³-hybridized carbons (Fsp3) is 0.857. The average Bonchev–Trinajstić information content (AvgIpc) is 2.11. The van der Waals surface area contributed by atoms with E-state index in [2.05, 4.69) is 0 Å². The molecule has 0 aromatic rings. The Labute approximate surface area is 71.3 Å². The van der Waals surface area contributed by atoms with Gasteiger partial charge in [0.1, 0.15) is 6.29 Å². The van der Waals surface area contributed by atoms with Crippen LogP contribution in [0, 0.1) is 5.41 Å². The molecular weight excluding hydrogens is 164 g/mol. The van der Waals surface area contributed by atoms with E-state index in [-0.39, 0.29) is 0 Å². The Morgan fingerprint density at radius 2 is 1.17 bits per heavy atom. The first-order chi connectivity index (χ1) is 5.66. The predicted molar refractivity (Wildman–Crippen MR) is 42.5 cm³/mol. The summed E-state index contributed by atoms with van der Waals surface area (Å²) in [5.74, 6) is 0. The van der Waals surface area contributed by atoms with E-state index < -0.39 is 31.8 Å². The summed E-state index contributed by atoms with van der Waals surface area (Å²) in [6.07, 6.45) is 0.750. The molecule has 0 aliphatic heterocycles. The highest BCUT2D eigenvalue weighted by atomic mass is 16.3. The van der Waals surface area contributed by atoms with Gasteiger partial charge in [-0.25, -0.2) is 0 Å². The fourth-order valence-corrected chi connectivity index (χ4v) is 0.300. The van der Waals surface area contributed by atoms with Gasteiger partial charge in [0.2, 0.25) is 0 Å². The Morgan fingerprint density at radius 3 is 1.17 bits per heavy atom. The minimum atomic E-state index is -1.11. The molecule has 0 aromatic heterocycles. The molecule has 0 amide bonds. The zero-order valence-electron chi connectivity index (χ0n) is 7.10. The zero-order chi connectivity index (χ0) is 10.0. The molecule has 0 fully saturated rings. The van der Waals surface area contributed by atoms with E-state index in [0.717, 1.165) is 6.29 Å². The molecule has 5 heteroatoms. The number of carbonyl (C=O) groups excluding carboxylic acids is 1. The molecule has 0 aliphatic rings. The van der Waals surface area contributed by atoms with Crippen molar-refractivity contribution in [2.45, 2.75) is 6.92 Å². The largest absolute Gasteiger partial charge is 0.396 e. The third-order valence-electron chi connectivity index (χ3n) is 1.34. The molecule has 0 rings (SSSR count). The molecule has 12 heavy (non-hydrogen) atoms. The van der Waals surface area contributed by atoms with Crippen LogP contribution in [-0.2, 0) is 4.79 Å². The van der Waals surface area contributed by atoms with Gasteiger partial charge in [-0.2, -0.15) is 0 Å². The minimum Gasteiger partial charge on any atom is -0.396 e. The number of aliphatic hydroxyl groups is 4. The van der Waals surface area contributed by atoms with E-state index in [9.17, 15) is 0 Å². The molecule has 0 aromatic carbocycles. The van der Waals surface area contributed by atoms with E-state index >= 15 is 0 Å². The quantitative estimate of drug-likeness (QED) is 0.381. The lowest BCUT2D eigenvalue weighted by atomic mass is 9.93. The Kier molecular flexibility index (Phi) is 10.1. The lowest BCUT2D eigenvalue weighted by molar-refractivity contribution is -0.106. The van der Waals surface area contributed by atoms with Crippen molar-refractivity contribution < 1.29 is 25.2 Å². The maximum atomic E-state index is 8.81. The van der Waals surface area contributed by atoms with Crippen LogP contribution in [-0.4, -0.2) is 53.1 Å². The van der Waals surface area contributed by atoms with Crippen LogP contribution in [0.5, 0.6) is 0 Å². The minimum absolute atomic E-state index is 0.406. The predicted octanol–water partition coefficient (Wildman–Crippen LogP) is -1.85. The SMILES string of the molecule is CC=O.OCC(CO)(CO)CO. The molecule has 0 bridgehead atoms. The first kappa shape index (κ1) is 14.1. The van der Waals surface area contributed by atoms with Gasteiger partial charge < -0.3 is 25.2 Å². The summed E-state index contributed by atoms with van der Waals surface area (Å²) in [5.41, 5.74) is -1.11. The smallest absolute Gasteiger partial charge is 0.116 e. The summed E-state index contributed by atoms with van der Waals surface area (Å²) in [4.78, 5) is 8.81. The highest BCUT2D eigenvalue weighted by Crippen LogP contribution is 2.11. The maximum absolute atomic E-state index is 8.81. The van der Waals surface area contributed by atoms with E-state index in [1.807, 2.05) is 0 Å². The molecule has 5 nitrogen and oxygen atoms in total. The topological polar surface area (TPSA) is 98.0 Å². The molecule has 0 spiro atoms. The van der Waals surface area contributed by atoms with Crippen LogP contribution in [0.15, 0.2) is 0 Å². The Bertz CT molecular complexity index is 82.5. The Balaban J connectivity index is 0. The van der Waals surface area contributed by atoms with Crippen molar-refractivity contribution in [3.05, 3.63) is 0 Å². The molecule has 0 atom stereocenters. The van der Waals surface area contributed by atoms with Gasteiger partial charge in [-0.1, -0.05) is 0 Å². The molecule has 0 saturated carbocycles. The number of hydrogen-bond donors (Lipinski definition) is 4. The highest BCUT2D eigenvalue weighted by molar-refractivity contribution is 5.44. The van der Waals surface area contributed by atoms with Gasteiger partial charge in [0, 0.05) is 0 Å². The van der Waals surface area contributed by atoms with Crippen LogP contribution in [0.1, 0.15) is 6.92 Å². The summed E-state index contributed by atoms with van der Waals surface area (Å²) in [6, 6.07) is 0. The van der Waals surface area contributed by atoms with Crippen LogP contribution >= 0.6 is 0 Å². The first-order valence-corrected chi connectivity index (χ1v) is 3.49. The molecule has 4 N–H and O–H groups in total. The Hall–Kier alpha value is -0.490. The normalized spacial score (nSPS) is 10.1. The number of carbonyl (C=O) groups is 1. The highest BCUT2D eigenvalue weighted by Gasteiger charge is 2.26. The number of hydrogen-bond acceptors (Lipinski definition) is 5. The second-order valence-electron chi connectivity index (χ2n) is 2.37. The summed E-state index contributed by atoms with van der Waals surface area (Å²) in [5, 5.41) is 34.0. The summed E-state index contributed by atoms with van der Waals surface area (Å²) >= 11 is 0. The van der Waals surface area contributed by atoms with Crippen LogP contribution in [0.2, 0.25) is 0 Å². The molecule has 0 saturated heterocycles. The van der Waals surface area contributed by atoms with Crippen molar-refractivity contribution >= 4 is 6.29 Å². The third-order valence-corrected chi connectivity index (χ3v) is 1.34. The van der Waals surface area contributed by atoms with Crippen LogP contribution in [0.4, 0.5) is 0 Å². The second kappa shape index (κ2) is 8.61. The van der Waals surface area contributed by atoms with Crippen LogP contribution in [0.3, 0.4) is 0 Å². The molecular formula is C7H16O5. The third kappa shape index (κ3) is 5.20. The first-order valence-electron chi connectivity index (χ1n) is 3.49. The van der Waals surface area contributed by atoms with Gasteiger partial charge in [-0.15, -0.1) is 0 Å². The second-order valence-corrected chi connectivity index (χ2v) is 2.37. The number of aliphatic hydroxyl groups excluding tert-OH is 4. The molecule has 0 radical (unpaired) electrons. The zero-order valence-corrected chi connectivity index (χ0v) is 7.10. The van der Waals surface area contributed by atoms with Crippen molar-refractivity contribution in [2.75, 3.05) is 26.4 Å². The molecule has 0 aliphatic carbocycles. The van der Waals surface area contributed by atoms with Gasteiger partial charge in [0.15, 0.2) is 0 Å². The molecule has 0 heterocycles. The van der Waals surface area contributed by atoms with E-state index in [1.165, 1.54) is 6.92 Å². The van der Waals surface area contributed by atoms with Crippen LogP contribution in [0.25, 0.3) is 0 Å². The van der Waals surface area contributed by atoms with Gasteiger partial charge >= 0.3 is 0 Å². The lowest BCUT2D eigenvalue weighted by Crippen LogP contribution is -2.37. The van der Waals surface area contributed by atoms with E-state index in [1.54, 1.807) is 0 Å². The van der Waals surface area contributed by atoms with Crippen molar-refractivity contribution in [1.29, 1.82) is 0 Å².